The van der Waals surface area contributed by atoms with Crippen LogP contribution in [-0.4, -0.2) is 71.0 Å². The number of rotatable bonds is 4. The average Bonchev–Trinajstić information content (AvgIpc) is 2.99. The molecule has 132 valence electrons. The molecule has 0 radical (unpaired) electrons. The van der Waals surface area contributed by atoms with Crippen molar-refractivity contribution in [1.82, 2.24) is 15.5 Å². The Balaban J connectivity index is 0.00000156. The maximum absolute atomic E-state index is 11.8. The quantitative estimate of drug-likeness (QED) is 0.224. The molecule has 0 saturated carbocycles. The molecule has 0 spiro atoms. The third kappa shape index (κ3) is 5.91. The Morgan fingerprint density at radius 3 is 2.84 bits per heavy atom. The van der Waals surface area contributed by atoms with Gasteiger partial charge in [-0.3, -0.25) is 25.9 Å². The second kappa shape index (κ2) is 9.70. The van der Waals surface area contributed by atoms with Gasteiger partial charge in [-0.15, -0.1) is 0 Å². The van der Waals surface area contributed by atoms with E-state index in [0.29, 0.717) is 6.67 Å². The number of nitrogens with two attached hydrogens (primary N) is 1. The zero-order valence-electron chi connectivity index (χ0n) is 13.9. The van der Waals surface area contributed by atoms with Gasteiger partial charge in [0.1, 0.15) is 12.3 Å². The zero-order valence-corrected chi connectivity index (χ0v) is 18.8. The first-order valence-corrected chi connectivity index (χ1v) is 8.51. The molecule has 3 aliphatic rings. The Kier molecular flexibility index (Phi) is 9.46. The molecule has 0 aromatic carbocycles. The second-order valence-corrected chi connectivity index (χ2v) is 6.77. The molecule has 0 bridgehead atoms. The number of hydrogen-bond acceptors (Lipinski definition) is 11. The van der Waals surface area contributed by atoms with E-state index >= 15 is 0 Å². The minimum atomic E-state index is -4.88. The SMILES string of the molecule is NC1N=C([O-])C2NCN([C@H]3C[C@H](O)[C@@H](COP(=O)([O-])O)O3)C2N1.[Na+].[Na+]. The van der Waals surface area contributed by atoms with E-state index in [1.165, 1.54) is 0 Å². The van der Waals surface area contributed by atoms with Crippen molar-refractivity contribution in [2.45, 2.75) is 43.4 Å². The fourth-order valence-corrected chi connectivity index (χ4v) is 3.30. The van der Waals surface area contributed by atoms with Crippen molar-refractivity contribution in [2.24, 2.45) is 10.7 Å². The Morgan fingerprint density at radius 2 is 2.20 bits per heavy atom. The van der Waals surface area contributed by atoms with Crippen LogP contribution in [0.5, 0.6) is 0 Å². The number of ether oxygens (including phenoxy) is 1. The van der Waals surface area contributed by atoms with Crippen LogP contribution in [0.2, 0.25) is 0 Å². The minimum absolute atomic E-state index is 0. The van der Waals surface area contributed by atoms with Crippen molar-refractivity contribution >= 4 is 13.7 Å². The number of nitrogens with zero attached hydrogens (tertiary/aromatic N) is 2. The first-order valence-electron chi connectivity index (χ1n) is 7.02. The molecule has 12 nitrogen and oxygen atoms in total. The van der Waals surface area contributed by atoms with Gasteiger partial charge in [-0.1, -0.05) is 0 Å². The number of aliphatic imine (C=N–C) groups is 1. The molecule has 2 saturated heterocycles. The summed E-state index contributed by atoms with van der Waals surface area (Å²) in [5.41, 5.74) is 5.64. The van der Waals surface area contributed by atoms with Crippen molar-refractivity contribution in [2.75, 3.05) is 13.3 Å². The van der Waals surface area contributed by atoms with E-state index in [-0.39, 0.29) is 71.4 Å². The standard InChI is InChI=1S/C10H20N5O7P.2Na/c11-10-13-8-7(9(17)14-10)12-3-15(8)6-1-4(16)5(22-6)2-21-23(18,19)20;;/h4-8,10,12-13,16H,1-3,11H2,(H,14,17)(H2,18,19,20);;/q;2*+1/p-2/t4-,5+,6+,7?,8?,10?;;/m0../s1. The van der Waals surface area contributed by atoms with Crippen molar-refractivity contribution < 1.29 is 92.9 Å². The average molecular weight is 397 g/mol. The normalized spacial score (nSPS) is 40.4. The Bertz CT molecular complexity index is 540. The number of phosphoric acid groups is 1. The van der Waals surface area contributed by atoms with Crippen LogP contribution in [-0.2, 0) is 13.8 Å². The van der Waals surface area contributed by atoms with Crippen molar-refractivity contribution in [3.8, 4) is 0 Å². The van der Waals surface area contributed by atoms with Crippen LogP contribution >= 0.6 is 7.82 Å². The largest absolute Gasteiger partial charge is 1.00 e. The first kappa shape index (κ1) is 24.4. The van der Waals surface area contributed by atoms with Crippen LogP contribution in [0.1, 0.15) is 6.42 Å². The molecule has 15 heteroatoms. The summed E-state index contributed by atoms with van der Waals surface area (Å²) in [4.78, 5) is 24.7. The fraction of sp³-hybridized carbons (Fsp3) is 0.900. The molecule has 0 amide bonds. The zero-order chi connectivity index (χ0) is 16.8. The summed E-state index contributed by atoms with van der Waals surface area (Å²) >= 11 is 0. The summed E-state index contributed by atoms with van der Waals surface area (Å²) in [7, 11) is -4.88. The van der Waals surface area contributed by atoms with Gasteiger partial charge in [-0.25, -0.2) is 4.90 Å². The summed E-state index contributed by atoms with van der Waals surface area (Å²) < 4.78 is 20.5. The monoisotopic (exact) mass is 397 g/mol. The summed E-state index contributed by atoms with van der Waals surface area (Å²) in [6, 6.07) is -0.565. The van der Waals surface area contributed by atoms with E-state index in [1.54, 1.807) is 4.90 Å². The van der Waals surface area contributed by atoms with E-state index in [9.17, 15) is 19.7 Å². The number of aliphatic hydroxyl groups excluding tert-OH is 1. The van der Waals surface area contributed by atoms with Crippen molar-refractivity contribution in [1.29, 1.82) is 0 Å². The van der Waals surface area contributed by atoms with E-state index in [2.05, 4.69) is 20.1 Å². The fourth-order valence-electron chi connectivity index (χ4n) is 2.97. The van der Waals surface area contributed by atoms with Gasteiger partial charge in [0.2, 0.25) is 0 Å². The number of aliphatic hydroxyl groups is 1. The van der Waals surface area contributed by atoms with E-state index < -0.39 is 51.4 Å². The minimum Gasteiger partial charge on any atom is -0.861 e. The van der Waals surface area contributed by atoms with E-state index in [4.69, 9.17) is 15.4 Å². The predicted molar refractivity (Wildman–Crippen MR) is 71.0 cm³/mol. The van der Waals surface area contributed by atoms with Crippen LogP contribution in [0, 0.1) is 0 Å². The third-order valence-electron chi connectivity index (χ3n) is 4.02. The van der Waals surface area contributed by atoms with Crippen LogP contribution < -0.4 is 85.5 Å². The molecule has 0 aliphatic carbocycles. The van der Waals surface area contributed by atoms with Gasteiger partial charge in [-0.05, 0) is 5.90 Å². The van der Waals surface area contributed by atoms with Crippen LogP contribution in [0.3, 0.4) is 0 Å². The Morgan fingerprint density at radius 1 is 1.52 bits per heavy atom. The van der Waals surface area contributed by atoms with Crippen LogP contribution in [0.25, 0.3) is 0 Å². The molecule has 2 fully saturated rings. The van der Waals surface area contributed by atoms with Gasteiger partial charge in [0.25, 0.3) is 7.82 Å². The number of phosphoric ester groups is 1. The molecule has 4 unspecified atom stereocenters. The summed E-state index contributed by atoms with van der Waals surface area (Å²) in [5.74, 6) is -0.366. The molecule has 0 aromatic rings. The van der Waals surface area contributed by atoms with Crippen molar-refractivity contribution in [3.05, 3.63) is 0 Å². The summed E-state index contributed by atoms with van der Waals surface area (Å²) in [5, 5.41) is 27.7. The molecule has 3 aliphatic heterocycles. The van der Waals surface area contributed by atoms with Crippen LogP contribution in [0.4, 0.5) is 0 Å². The number of fused-ring (bicyclic) bond motifs is 1. The van der Waals surface area contributed by atoms with E-state index in [1.807, 2.05) is 0 Å². The predicted octanol–water partition coefficient (Wildman–Crippen LogP) is -10.9. The molecular weight excluding hydrogens is 379 g/mol. The second-order valence-electron chi connectivity index (χ2n) is 5.57. The smallest absolute Gasteiger partial charge is 0.861 e. The van der Waals surface area contributed by atoms with Crippen molar-refractivity contribution in [3.63, 3.8) is 0 Å². The summed E-state index contributed by atoms with van der Waals surface area (Å²) in [6.45, 7) is -0.188. The topological polar surface area (TPSA) is 188 Å². The molecule has 6 N–H and O–H groups in total. The molecule has 0 aromatic heterocycles. The molecule has 3 rings (SSSR count). The van der Waals surface area contributed by atoms with Gasteiger partial charge in [0, 0.05) is 6.42 Å². The number of hydrogen-bond donors (Lipinski definition) is 5. The first-order chi connectivity index (χ1) is 10.7. The molecule has 7 atom stereocenters. The van der Waals surface area contributed by atoms with Gasteiger partial charge >= 0.3 is 59.1 Å². The third-order valence-corrected chi connectivity index (χ3v) is 4.49. The molecular formula is C10H18N5Na2O7P. The molecule has 3 heterocycles. The maximum Gasteiger partial charge on any atom is 1.00 e. The maximum atomic E-state index is 11.8. The van der Waals surface area contributed by atoms with Crippen LogP contribution in [0.15, 0.2) is 4.99 Å². The van der Waals surface area contributed by atoms with E-state index in [0.717, 1.165) is 0 Å². The number of nitrogens with one attached hydrogen (secondary N) is 2. The summed E-state index contributed by atoms with van der Waals surface area (Å²) in [6.07, 6.45) is -3.53. The molecule has 25 heavy (non-hydrogen) atoms. The van der Waals surface area contributed by atoms with Gasteiger partial charge in [0.15, 0.2) is 6.29 Å². The Labute approximate surface area is 188 Å². The van der Waals surface area contributed by atoms with Gasteiger partial charge < -0.3 is 29.3 Å². The van der Waals surface area contributed by atoms with Gasteiger partial charge in [0.05, 0.1) is 31.6 Å². The Hall–Kier alpha value is 1.34. The van der Waals surface area contributed by atoms with Gasteiger partial charge in [-0.2, -0.15) is 0 Å².